The first-order valence-electron chi connectivity index (χ1n) is 7.75. The van der Waals surface area contributed by atoms with Crippen molar-refractivity contribution in [1.29, 1.82) is 0 Å². The van der Waals surface area contributed by atoms with Gasteiger partial charge in [-0.3, -0.25) is 0 Å². The zero-order valence-electron chi connectivity index (χ0n) is 12.4. The highest BCUT2D eigenvalue weighted by atomic mass is 16.5. The SMILES string of the molecule is CCCCCCN[C@@H]1CCCc2cc(OC)ccc21. The third kappa shape index (κ3) is 3.97. The van der Waals surface area contributed by atoms with Crippen LogP contribution in [0.25, 0.3) is 0 Å². The molecule has 1 aliphatic rings. The standard InChI is InChI=1S/C17H27NO/c1-3-4-5-6-12-18-17-9-7-8-14-13-15(19-2)10-11-16(14)17/h10-11,13,17-18H,3-9,12H2,1-2H3/t17-/m1/s1. The minimum atomic E-state index is 0.552. The third-order valence-corrected chi connectivity index (χ3v) is 4.09. The summed E-state index contributed by atoms with van der Waals surface area (Å²) < 4.78 is 5.32. The summed E-state index contributed by atoms with van der Waals surface area (Å²) >= 11 is 0. The van der Waals surface area contributed by atoms with Gasteiger partial charge in [0, 0.05) is 6.04 Å². The van der Waals surface area contributed by atoms with Crippen LogP contribution in [0.5, 0.6) is 5.75 Å². The molecule has 2 rings (SSSR count). The molecule has 0 bridgehead atoms. The molecule has 1 aromatic rings. The molecular formula is C17H27NO. The molecule has 0 aromatic heterocycles. The smallest absolute Gasteiger partial charge is 0.119 e. The molecule has 1 atom stereocenters. The van der Waals surface area contributed by atoms with Crippen LogP contribution >= 0.6 is 0 Å². The Hall–Kier alpha value is -1.02. The molecule has 19 heavy (non-hydrogen) atoms. The molecule has 1 aliphatic carbocycles. The van der Waals surface area contributed by atoms with E-state index in [-0.39, 0.29) is 0 Å². The number of ether oxygens (including phenoxy) is 1. The molecule has 0 fully saturated rings. The molecule has 0 unspecified atom stereocenters. The highest BCUT2D eigenvalue weighted by molar-refractivity contribution is 5.39. The topological polar surface area (TPSA) is 21.3 Å². The fourth-order valence-electron chi connectivity index (χ4n) is 2.96. The monoisotopic (exact) mass is 261 g/mol. The van der Waals surface area contributed by atoms with Crippen molar-refractivity contribution in [1.82, 2.24) is 5.32 Å². The van der Waals surface area contributed by atoms with Crippen molar-refractivity contribution in [3.63, 3.8) is 0 Å². The van der Waals surface area contributed by atoms with Crippen molar-refractivity contribution in [3.8, 4) is 5.75 Å². The maximum absolute atomic E-state index is 5.32. The van der Waals surface area contributed by atoms with Crippen LogP contribution in [-0.4, -0.2) is 13.7 Å². The minimum Gasteiger partial charge on any atom is -0.497 e. The van der Waals surface area contributed by atoms with Gasteiger partial charge in [-0.1, -0.05) is 32.3 Å². The number of methoxy groups -OCH3 is 1. The van der Waals surface area contributed by atoms with Gasteiger partial charge >= 0.3 is 0 Å². The Morgan fingerprint density at radius 1 is 1.26 bits per heavy atom. The van der Waals surface area contributed by atoms with Gasteiger partial charge in [0.15, 0.2) is 0 Å². The summed E-state index contributed by atoms with van der Waals surface area (Å²) in [6, 6.07) is 7.10. The maximum atomic E-state index is 5.32. The first-order valence-corrected chi connectivity index (χ1v) is 7.75. The van der Waals surface area contributed by atoms with Crippen LogP contribution in [0, 0.1) is 0 Å². The molecule has 0 aliphatic heterocycles. The van der Waals surface area contributed by atoms with E-state index in [1.54, 1.807) is 7.11 Å². The van der Waals surface area contributed by atoms with Crippen molar-refractivity contribution in [2.45, 2.75) is 57.9 Å². The molecule has 0 spiro atoms. The van der Waals surface area contributed by atoms with Gasteiger partial charge in [0.1, 0.15) is 5.75 Å². The van der Waals surface area contributed by atoms with E-state index in [2.05, 4.69) is 30.4 Å². The summed E-state index contributed by atoms with van der Waals surface area (Å²) in [5, 5.41) is 3.73. The minimum absolute atomic E-state index is 0.552. The fraction of sp³-hybridized carbons (Fsp3) is 0.647. The van der Waals surface area contributed by atoms with Crippen molar-refractivity contribution < 1.29 is 4.74 Å². The molecule has 0 heterocycles. The van der Waals surface area contributed by atoms with Gasteiger partial charge in [0.2, 0.25) is 0 Å². The largest absolute Gasteiger partial charge is 0.497 e. The number of aryl methyl sites for hydroxylation is 1. The lowest BCUT2D eigenvalue weighted by Gasteiger charge is -2.27. The van der Waals surface area contributed by atoms with E-state index in [1.807, 2.05) is 0 Å². The molecule has 1 aromatic carbocycles. The zero-order valence-corrected chi connectivity index (χ0v) is 12.4. The van der Waals surface area contributed by atoms with E-state index >= 15 is 0 Å². The van der Waals surface area contributed by atoms with Crippen molar-refractivity contribution >= 4 is 0 Å². The Morgan fingerprint density at radius 2 is 2.16 bits per heavy atom. The van der Waals surface area contributed by atoms with Gasteiger partial charge in [-0.2, -0.15) is 0 Å². The van der Waals surface area contributed by atoms with E-state index in [1.165, 1.54) is 56.1 Å². The van der Waals surface area contributed by atoms with E-state index in [0.29, 0.717) is 6.04 Å². The first-order chi connectivity index (χ1) is 9.35. The Morgan fingerprint density at radius 3 is 2.95 bits per heavy atom. The molecular weight excluding hydrogens is 234 g/mol. The molecule has 0 saturated carbocycles. The quantitative estimate of drug-likeness (QED) is 0.741. The highest BCUT2D eigenvalue weighted by Crippen LogP contribution is 2.32. The lowest BCUT2D eigenvalue weighted by molar-refractivity contribution is 0.410. The molecule has 2 nitrogen and oxygen atoms in total. The van der Waals surface area contributed by atoms with Crippen molar-refractivity contribution in [2.24, 2.45) is 0 Å². The van der Waals surface area contributed by atoms with Gasteiger partial charge in [0.05, 0.1) is 7.11 Å². The van der Waals surface area contributed by atoms with Crippen LogP contribution in [0.2, 0.25) is 0 Å². The number of hydrogen-bond donors (Lipinski definition) is 1. The predicted molar refractivity (Wildman–Crippen MR) is 80.8 cm³/mol. The highest BCUT2D eigenvalue weighted by Gasteiger charge is 2.19. The van der Waals surface area contributed by atoms with Gasteiger partial charge in [-0.25, -0.2) is 0 Å². The average molecular weight is 261 g/mol. The fourth-order valence-corrected chi connectivity index (χ4v) is 2.96. The Bertz CT molecular complexity index is 389. The lowest BCUT2D eigenvalue weighted by atomic mass is 9.87. The van der Waals surface area contributed by atoms with E-state index in [9.17, 15) is 0 Å². The van der Waals surface area contributed by atoms with Crippen LogP contribution in [0.1, 0.15) is 62.6 Å². The summed E-state index contributed by atoms with van der Waals surface area (Å²) in [6.45, 7) is 3.41. The van der Waals surface area contributed by atoms with Crippen LogP contribution in [-0.2, 0) is 6.42 Å². The molecule has 1 N–H and O–H groups in total. The van der Waals surface area contributed by atoms with E-state index in [4.69, 9.17) is 4.74 Å². The Balaban J connectivity index is 1.90. The summed E-state index contributed by atoms with van der Waals surface area (Å²) in [5.41, 5.74) is 2.96. The molecule has 0 radical (unpaired) electrons. The molecule has 2 heteroatoms. The zero-order chi connectivity index (χ0) is 13.5. The second-order valence-electron chi connectivity index (χ2n) is 5.52. The van der Waals surface area contributed by atoms with Gasteiger partial charge in [-0.05, 0) is 55.5 Å². The summed E-state index contributed by atoms with van der Waals surface area (Å²) in [5.74, 6) is 0.988. The Labute approximate surface area is 117 Å². The van der Waals surface area contributed by atoms with Crippen LogP contribution in [0.3, 0.4) is 0 Å². The Kier molecular flexibility index (Phi) is 5.71. The van der Waals surface area contributed by atoms with E-state index < -0.39 is 0 Å². The molecule has 106 valence electrons. The van der Waals surface area contributed by atoms with Gasteiger partial charge in [0.25, 0.3) is 0 Å². The van der Waals surface area contributed by atoms with Crippen LogP contribution < -0.4 is 10.1 Å². The van der Waals surface area contributed by atoms with Crippen molar-refractivity contribution in [3.05, 3.63) is 29.3 Å². The van der Waals surface area contributed by atoms with Gasteiger partial charge < -0.3 is 10.1 Å². The van der Waals surface area contributed by atoms with Crippen LogP contribution in [0.15, 0.2) is 18.2 Å². The predicted octanol–water partition coefficient (Wildman–Crippen LogP) is 4.24. The van der Waals surface area contributed by atoms with Crippen LogP contribution in [0.4, 0.5) is 0 Å². The first kappa shape index (κ1) is 14.4. The lowest BCUT2D eigenvalue weighted by Crippen LogP contribution is -2.26. The number of benzene rings is 1. The normalized spacial score (nSPS) is 18.1. The summed E-state index contributed by atoms with van der Waals surface area (Å²) in [7, 11) is 1.74. The average Bonchev–Trinajstić information content (AvgIpc) is 2.46. The number of rotatable bonds is 7. The third-order valence-electron chi connectivity index (χ3n) is 4.09. The van der Waals surface area contributed by atoms with Gasteiger partial charge in [-0.15, -0.1) is 0 Å². The number of unbranched alkanes of at least 4 members (excludes halogenated alkanes) is 3. The molecule has 0 amide bonds. The number of fused-ring (bicyclic) bond motifs is 1. The second kappa shape index (κ2) is 7.54. The summed E-state index contributed by atoms with van der Waals surface area (Å²) in [6.07, 6.45) is 9.08. The van der Waals surface area contributed by atoms with E-state index in [0.717, 1.165) is 12.3 Å². The second-order valence-corrected chi connectivity index (χ2v) is 5.52. The number of hydrogen-bond acceptors (Lipinski definition) is 2. The molecule has 0 saturated heterocycles. The summed E-state index contributed by atoms with van der Waals surface area (Å²) in [4.78, 5) is 0. The maximum Gasteiger partial charge on any atom is 0.119 e. The number of nitrogens with one attached hydrogen (secondary N) is 1. The van der Waals surface area contributed by atoms with Crippen molar-refractivity contribution in [2.75, 3.05) is 13.7 Å².